The molecule has 2 aromatic carbocycles. The molecular formula is C26H28N10OS. The Morgan fingerprint density at radius 3 is 2.79 bits per heavy atom. The topological polar surface area (TPSA) is 123 Å². The van der Waals surface area contributed by atoms with Gasteiger partial charge in [0.25, 0.3) is 5.91 Å². The van der Waals surface area contributed by atoms with E-state index in [-0.39, 0.29) is 5.91 Å². The molecule has 4 N–H and O–H groups in total. The summed E-state index contributed by atoms with van der Waals surface area (Å²) in [6, 6.07) is 10.1. The van der Waals surface area contributed by atoms with Gasteiger partial charge in [0.2, 0.25) is 11.9 Å². The highest BCUT2D eigenvalue weighted by atomic mass is 32.2. The van der Waals surface area contributed by atoms with Gasteiger partial charge in [-0.1, -0.05) is 0 Å². The third-order valence-corrected chi connectivity index (χ3v) is 8.54. The fraction of sp³-hybridized carbons (Fsp3) is 0.308. The van der Waals surface area contributed by atoms with Crippen molar-refractivity contribution in [3.05, 3.63) is 54.5 Å². The lowest BCUT2D eigenvalue weighted by Crippen LogP contribution is -2.45. The Morgan fingerprint density at radius 2 is 1.97 bits per heavy atom. The largest absolute Gasteiger partial charge is 0.368 e. The van der Waals surface area contributed by atoms with Crippen LogP contribution in [0.5, 0.6) is 0 Å². The summed E-state index contributed by atoms with van der Waals surface area (Å²) in [4.78, 5) is 30.9. The van der Waals surface area contributed by atoms with Gasteiger partial charge in [-0.15, -0.1) is 0 Å². The third-order valence-electron chi connectivity index (χ3n) is 7.30. The predicted molar refractivity (Wildman–Crippen MR) is 152 cm³/mol. The second kappa shape index (κ2) is 9.37. The average molecular weight is 529 g/mol. The average Bonchev–Trinajstić information content (AvgIpc) is 3.62. The zero-order chi connectivity index (χ0) is 25.6. The minimum Gasteiger partial charge on any atom is -0.368 e. The minimum atomic E-state index is -0.165. The Morgan fingerprint density at radius 1 is 1.11 bits per heavy atom. The van der Waals surface area contributed by atoms with Gasteiger partial charge in [0.1, 0.15) is 0 Å². The Kier molecular flexibility index (Phi) is 5.70. The number of carbonyl (C=O) groups is 1. The summed E-state index contributed by atoms with van der Waals surface area (Å²) in [6.07, 6.45) is 5.58. The third kappa shape index (κ3) is 4.25. The molecule has 2 fully saturated rings. The molecule has 2 aliphatic rings. The number of amides is 1. The number of aromatic nitrogens is 6. The number of fused-ring (bicyclic) bond motifs is 2. The zero-order valence-electron chi connectivity index (χ0n) is 20.9. The predicted octanol–water partition coefficient (Wildman–Crippen LogP) is 3.67. The number of aromatic amines is 2. The van der Waals surface area contributed by atoms with E-state index in [1.54, 1.807) is 6.20 Å². The first kappa shape index (κ1) is 23.1. The molecule has 2 aliphatic heterocycles. The number of nitrogens with one attached hydrogen (secondary N) is 4. The Hall–Kier alpha value is -4.03. The normalized spacial score (nSPS) is 16.7. The molecule has 1 amide bonds. The molecule has 194 valence electrons. The van der Waals surface area contributed by atoms with Crippen molar-refractivity contribution in [3.8, 4) is 0 Å². The number of hydrogen-bond donors (Lipinski definition) is 4. The molecule has 12 heteroatoms. The fourth-order valence-corrected chi connectivity index (χ4v) is 5.77. The standard InChI is InChI=1S/C26H28N10OS/c1-34-6-8-35(9-7-34)23-12-22-21(30-25(31-22)32-26-27-4-5-36(26)18-14-38-15-18)11-19(23)24(37)29-17-3-2-16-13-28-33-20(16)10-17/h2-5,10-13,18H,6-9,14-15H2,1H3,(H,28,33)(H,29,37)(H2,27,30,31,32). The van der Waals surface area contributed by atoms with Gasteiger partial charge in [0.05, 0.1) is 40.0 Å². The lowest BCUT2D eigenvalue weighted by Gasteiger charge is -2.35. The zero-order valence-corrected chi connectivity index (χ0v) is 21.8. The summed E-state index contributed by atoms with van der Waals surface area (Å²) in [5, 5.41) is 14.5. The second-order valence-electron chi connectivity index (χ2n) is 9.86. The van der Waals surface area contributed by atoms with Gasteiger partial charge < -0.3 is 24.7 Å². The lowest BCUT2D eigenvalue weighted by molar-refractivity contribution is 0.102. The van der Waals surface area contributed by atoms with Crippen molar-refractivity contribution in [1.82, 2.24) is 34.6 Å². The van der Waals surface area contributed by atoms with Crippen molar-refractivity contribution in [2.75, 3.05) is 60.3 Å². The van der Waals surface area contributed by atoms with Crippen LogP contribution in [-0.4, -0.2) is 85.3 Å². The van der Waals surface area contributed by atoms with Crippen LogP contribution in [0.3, 0.4) is 0 Å². The maximum Gasteiger partial charge on any atom is 0.257 e. The second-order valence-corrected chi connectivity index (χ2v) is 10.9. The van der Waals surface area contributed by atoms with Crippen molar-refractivity contribution < 1.29 is 4.79 Å². The van der Waals surface area contributed by atoms with Crippen molar-refractivity contribution in [2.45, 2.75) is 6.04 Å². The highest BCUT2D eigenvalue weighted by Gasteiger charge is 2.24. The van der Waals surface area contributed by atoms with E-state index < -0.39 is 0 Å². The minimum absolute atomic E-state index is 0.165. The number of imidazole rings is 2. The summed E-state index contributed by atoms with van der Waals surface area (Å²) in [5.41, 5.74) is 4.67. The Bertz CT molecular complexity index is 1630. The molecule has 5 heterocycles. The molecule has 11 nitrogen and oxygen atoms in total. The first-order chi connectivity index (χ1) is 18.6. The van der Waals surface area contributed by atoms with E-state index in [4.69, 9.17) is 4.98 Å². The molecule has 38 heavy (non-hydrogen) atoms. The van der Waals surface area contributed by atoms with E-state index >= 15 is 0 Å². The molecule has 3 aromatic heterocycles. The van der Waals surface area contributed by atoms with E-state index in [2.05, 4.69) is 52.2 Å². The molecular weight excluding hydrogens is 500 g/mol. The molecule has 0 saturated carbocycles. The summed E-state index contributed by atoms with van der Waals surface area (Å²) in [7, 11) is 2.12. The summed E-state index contributed by atoms with van der Waals surface area (Å²) < 4.78 is 2.16. The van der Waals surface area contributed by atoms with Gasteiger partial charge in [-0.25, -0.2) is 9.97 Å². The van der Waals surface area contributed by atoms with Gasteiger partial charge in [-0.05, 0) is 37.4 Å². The fourth-order valence-electron chi connectivity index (χ4n) is 5.00. The van der Waals surface area contributed by atoms with Crippen LogP contribution >= 0.6 is 11.8 Å². The van der Waals surface area contributed by atoms with E-state index in [1.165, 1.54) is 0 Å². The first-order valence-corrected chi connectivity index (χ1v) is 13.9. The van der Waals surface area contributed by atoms with Crippen LogP contribution in [0.1, 0.15) is 16.4 Å². The van der Waals surface area contributed by atoms with Gasteiger partial charge in [-0.2, -0.15) is 16.9 Å². The van der Waals surface area contributed by atoms with Crippen molar-refractivity contribution in [3.63, 3.8) is 0 Å². The molecule has 0 aliphatic carbocycles. The number of nitrogens with zero attached hydrogens (tertiary/aromatic N) is 6. The van der Waals surface area contributed by atoms with Crippen LogP contribution in [0.25, 0.3) is 21.9 Å². The summed E-state index contributed by atoms with van der Waals surface area (Å²) in [5.74, 6) is 3.38. The number of anilines is 4. The van der Waals surface area contributed by atoms with E-state index in [0.29, 0.717) is 23.2 Å². The molecule has 0 radical (unpaired) electrons. The van der Waals surface area contributed by atoms with Gasteiger partial charge in [-0.3, -0.25) is 15.2 Å². The molecule has 0 spiro atoms. The van der Waals surface area contributed by atoms with Crippen LogP contribution in [0, 0.1) is 0 Å². The number of hydrogen-bond acceptors (Lipinski definition) is 8. The SMILES string of the molecule is CN1CCN(c2cc3nc(Nc4nccn4C4CSC4)[nH]c3cc2C(=O)Nc2ccc3cn[nH]c3c2)CC1. The number of benzene rings is 2. The number of H-pyrrole nitrogens is 2. The van der Waals surface area contributed by atoms with Gasteiger partial charge in [0.15, 0.2) is 0 Å². The number of thioether (sulfide) groups is 1. The quantitative estimate of drug-likeness (QED) is 0.263. The number of likely N-dealkylation sites (N-methyl/N-ethyl adjacent to an activating group) is 1. The van der Waals surface area contributed by atoms with E-state index in [1.807, 2.05) is 54.5 Å². The van der Waals surface area contributed by atoms with Gasteiger partial charge in [0, 0.05) is 61.2 Å². The maximum absolute atomic E-state index is 13.6. The van der Waals surface area contributed by atoms with Crippen molar-refractivity contribution >= 4 is 62.9 Å². The Labute approximate surface area is 223 Å². The van der Waals surface area contributed by atoms with Crippen LogP contribution in [0.15, 0.2) is 48.9 Å². The van der Waals surface area contributed by atoms with Crippen LogP contribution < -0.4 is 15.5 Å². The maximum atomic E-state index is 13.6. The van der Waals surface area contributed by atoms with Crippen LogP contribution in [-0.2, 0) is 0 Å². The molecule has 7 rings (SSSR count). The first-order valence-electron chi connectivity index (χ1n) is 12.7. The van der Waals surface area contributed by atoms with Crippen LogP contribution in [0.4, 0.5) is 23.3 Å². The number of carbonyl (C=O) groups excluding carboxylic acids is 1. The Balaban J connectivity index is 1.22. The smallest absolute Gasteiger partial charge is 0.257 e. The summed E-state index contributed by atoms with van der Waals surface area (Å²) in [6.45, 7) is 3.56. The summed E-state index contributed by atoms with van der Waals surface area (Å²) >= 11 is 1.93. The molecule has 5 aromatic rings. The number of rotatable bonds is 6. The number of piperazine rings is 1. The van der Waals surface area contributed by atoms with Crippen molar-refractivity contribution in [1.29, 1.82) is 0 Å². The van der Waals surface area contributed by atoms with E-state index in [0.717, 1.165) is 71.3 Å². The molecule has 0 unspecified atom stereocenters. The lowest BCUT2D eigenvalue weighted by atomic mass is 10.1. The molecule has 2 saturated heterocycles. The van der Waals surface area contributed by atoms with Crippen molar-refractivity contribution in [2.24, 2.45) is 0 Å². The van der Waals surface area contributed by atoms with Crippen LogP contribution in [0.2, 0.25) is 0 Å². The van der Waals surface area contributed by atoms with E-state index in [9.17, 15) is 4.79 Å². The molecule has 0 atom stereocenters. The monoisotopic (exact) mass is 528 g/mol. The van der Waals surface area contributed by atoms with Gasteiger partial charge >= 0.3 is 0 Å². The molecule has 0 bridgehead atoms. The highest BCUT2D eigenvalue weighted by molar-refractivity contribution is 8.00. The highest BCUT2D eigenvalue weighted by Crippen LogP contribution is 2.33.